The maximum atomic E-state index is 13.1. The standard InChI is InChI=1S/C13H18FN3O/c1-17(5-6-18-2)4-3-16-13-8-11(10-15)7-12(14)9-13/h7-9,16H,3-6H2,1-2H3. The zero-order valence-electron chi connectivity index (χ0n) is 10.7. The highest BCUT2D eigenvalue weighted by atomic mass is 19.1. The number of rotatable bonds is 7. The molecule has 0 atom stereocenters. The number of halogens is 1. The minimum atomic E-state index is -0.399. The molecule has 0 aliphatic rings. The Morgan fingerprint density at radius 2 is 2.17 bits per heavy atom. The van der Waals surface area contributed by atoms with Gasteiger partial charge in [-0.25, -0.2) is 4.39 Å². The summed E-state index contributed by atoms with van der Waals surface area (Å²) in [5.41, 5.74) is 0.955. The fraction of sp³-hybridized carbons (Fsp3) is 0.462. The van der Waals surface area contributed by atoms with Gasteiger partial charge in [0.15, 0.2) is 0 Å². The quantitative estimate of drug-likeness (QED) is 0.801. The van der Waals surface area contributed by atoms with Gasteiger partial charge in [0.1, 0.15) is 5.82 Å². The predicted octanol–water partition coefficient (Wildman–Crippen LogP) is 1.69. The number of anilines is 1. The number of benzene rings is 1. The van der Waals surface area contributed by atoms with Crippen molar-refractivity contribution in [2.24, 2.45) is 0 Å². The monoisotopic (exact) mass is 251 g/mol. The van der Waals surface area contributed by atoms with Gasteiger partial charge in [0.25, 0.3) is 0 Å². The molecule has 18 heavy (non-hydrogen) atoms. The van der Waals surface area contributed by atoms with Crippen LogP contribution in [0.3, 0.4) is 0 Å². The molecule has 0 spiro atoms. The Morgan fingerprint density at radius 3 is 2.83 bits per heavy atom. The molecule has 0 saturated heterocycles. The van der Waals surface area contributed by atoms with Gasteiger partial charge >= 0.3 is 0 Å². The number of nitriles is 1. The van der Waals surface area contributed by atoms with E-state index in [9.17, 15) is 4.39 Å². The molecule has 1 aromatic carbocycles. The third-order valence-corrected chi connectivity index (χ3v) is 2.53. The number of hydrogen-bond donors (Lipinski definition) is 1. The van der Waals surface area contributed by atoms with Crippen molar-refractivity contribution >= 4 is 5.69 Å². The van der Waals surface area contributed by atoms with Crippen molar-refractivity contribution in [1.29, 1.82) is 5.26 Å². The second-order valence-electron chi connectivity index (χ2n) is 4.06. The Kier molecular flexibility index (Phi) is 6.12. The highest BCUT2D eigenvalue weighted by molar-refractivity contribution is 5.49. The molecule has 0 aliphatic carbocycles. The summed E-state index contributed by atoms with van der Waals surface area (Å²) in [6, 6.07) is 6.17. The van der Waals surface area contributed by atoms with Crippen LogP contribution < -0.4 is 5.32 Å². The molecule has 0 aromatic heterocycles. The molecule has 98 valence electrons. The van der Waals surface area contributed by atoms with Gasteiger partial charge < -0.3 is 15.0 Å². The van der Waals surface area contributed by atoms with Crippen LogP contribution in [0.1, 0.15) is 5.56 Å². The molecule has 5 heteroatoms. The summed E-state index contributed by atoms with van der Waals surface area (Å²) in [5, 5.41) is 11.8. The molecule has 0 unspecified atom stereocenters. The van der Waals surface area contributed by atoms with Gasteiger partial charge in [0, 0.05) is 32.4 Å². The average molecular weight is 251 g/mol. The number of nitrogens with zero attached hydrogens (tertiary/aromatic N) is 2. The Labute approximate surface area is 107 Å². The fourth-order valence-corrected chi connectivity index (χ4v) is 1.51. The van der Waals surface area contributed by atoms with E-state index in [2.05, 4.69) is 10.2 Å². The van der Waals surface area contributed by atoms with E-state index in [-0.39, 0.29) is 0 Å². The van der Waals surface area contributed by atoms with Crippen molar-refractivity contribution in [3.8, 4) is 6.07 Å². The van der Waals surface area contributed by atoms with Crippen LogP contribution in [0.4, 0.5) is 10.1 Å². The summed E-state index contributed by atoms with van der Waals surface area (Å²) < 4.78 is 18.1. The Balaban J connectivity index is 2.39. The molecular weight excluding hydrogens is 233 g/mol. The first-order chi connectivity index (χ1) is 8.65. The van der Waals surface area contributed by atoms with Crippen molar-refractivity contribution in [1.82, 2.24) is 4.90 Å². The number of nitrogens with one attached hydrogen (secondary N) is 1. The molecule has 0 amide bonds. The summed E-state index contributed by atoms with van der Waals surface area (Å²) in [7, 11) is 3.66. The van der Waals surface area contributed by atoms with Crippen molar-refractivity contribution < 1.29 is 9.13 Å². The van der Waals surface area contributed by atoms with E-state index in [1.165, 1.54) is 12.1 Å². The molecule has 0 saturated carbocycles. The Hall–Kier alpha value is -1.64. The van der Waals surface area contributed by atoms with E-state index < -0.39 is 5.82 Å². The van der Waals surface area contributed by atoms with Gasteiger partial charge in [-0.3, -0.25) is 0 Å². The average Bonchev–Trinajstić information content (AvgIpc) is 2.35. The summed E-state index contributed by atoms with van der Waals surface area (Å²) >= 11 is 0. The second-order valence-corrected chi connectivity index (χ2v) is 4.06. The van der Waals surface area contributed by atoms with E-state index in [1.54, 1.807) is 13.2 Å². The normalized spacial score (nSPS) is 10.4. The van der Waals surface area contributed by atoms with Crippen LogP contribution in [0.25, 0.3) is 0 Å². The lowest BCUT2D eigenvalue weighted by Gasteiger charge is -2.16. The molecule has 0 heterocycles. The zero-order valence-corrected chi connectivity index (χ0v) is 10.7. The van der Waals surface area contributed by atoms with Gasteiger partial charge in [-0.15, -0.1) is 0 Å². The van der Waals surface area contributed by atoms with Gasteiger partial charge in [-0.1, -0.05) is 0 Å². The molecule has 1 N–H and O–H groups in total. The Bertz CT molecular complexity index is 417. The van der Waals surface area contributed by atoms with E-state index in [0.717, 1.165) is 13.1 Å². The van der Waals surface area contributed by atoms with E-state index in [1.807, 2.05) is 13.1 Å². The largest absolute Gasteiger partial charge is 0.384 e. The smallest absolute Gasteiger partial charge is 0.126 e. The molecule has 4 nitrogen and oxygen atoms in total. The lowest BCUT2D eigenvalue weighted by molar-refractivity contribution is 0.163. The second kappa shape index (κ2) is 7.64. The number of hydrogen-bond acceptors (Lipinski definition) is 4. The number of ether oxygens (including phenoxy) is 1. The number of methoxy groups -OCH3 is 1. The van der Waals surface area contributed by atoms with Gasteiger partial charge in [0.05, 0.1) is 18.2 Å². The molecule has 0 bridgehead atoms. The van der Waals surface area contributed by atoms with Crippen LogP contribution in [0.2, 0.25) is 0 Å². The van der Waals surface area contributed by atoms with Crippen LogP contribution in [-0.4, -0.2) is 45.3 Å². The van der Waals surface area contributed by atoms with Crippen LogP contribution in [0.15, 0.2) is 18.2 Å². The molecular formula is C13H18FN3O. The minimum absolute atomic E-state index is 0.324. The maximum Gasteiger partial charge on any atom is 0.126 e. The van der Waals surface area contributed by atoms with Crippen molar-refractivity contribution in [3.05, 3.63) is 29.6 Å². The van der Waals surface area contributed by atoms with Gasteiger partial charge in [0.2, 0.25) is 0 Å². The molecule has 0 radical (unpaired) electrons. The first-order valence-electron chi connectivity index (χ1n) is 5.77. The SMILES string of the molecule is COCCN(C)CCNc1cc(F)cc(C#N)c1. The van der Waals surface area contributed by atoms with E-state index in [4.69, 9.17) is 10.00 Å². The van der Waals surface area contributed by atoms with Crippen LogP contribution in [0, 0.1) is 17.1 Å². The van der Waals surface area contributed by atoms with Crippen molar-refractivity contribution in [3.63, 3.8) is 0 Å². The van der Waals surface area contributed by atoms with Crippen molar-refractivity contribution in [2.75, 3.05) is 45.7 Å². The predicted molar refractivity (Wildman–Crippen MR) is 69.0 cm³/mol. The van der Waals surface area contributed by atoms with Crippen LogP contribution in [0.5, 0.6) is 0 Å². The molecule has 1 aromatic rings. The third kappa shape index (κ3) is 5.13. The topological polar surface area (TPSA) is 48.3 Å². The molecule has 0 fully saturated rings. The van der Waals surface area contributed by atoms with Gasteiger partial charge in [-0.2, -0.15) is 5.26 Å². The minimum Gasteiger partial charge on any atom is -0.384 e. The molecule has 1 rings (SSSR count). The highest BCUT2D eigenvalue weighted by Gasteiger charge is 2.01. The zero-order chi connectivity index (χ0) is 13.4. The first-order valence-corrected chi connectivity index (χ1v) is 5.77. The number of likely N-dealkylation sites (N-methyl/N-ethyl adjacent to an activating group) is 1. The van der Waals surface area contributed by atoms with Crippen molar-refractivity contribution in [2.45, 2.75) is 0 Å². The fourth-order valence-electron chi connectivity index (χ4n) is 1.51. The molecule has 0 aliphatic heterocycles. The first kappa shape index (κ1) is 14.4. The lowest BCUT2D eigenvalue weighted by Crippen LogP contribution is -2.28. The summed E-state index contributed by atoms with van der Waals surface area (Å²) in [4.78, 5) is 2.11. The van der Waals surface area contributed by atoms with Crippen LogP contribution >= 0.6 is 0 Å². The van der Waals surface area contributed by atoms with E-state index >= 15 is 0 Å². The highest BCUT2D eigenvalue weighted by Crippen LogP contribution is 2.12. The lowest BCUT2D eigenvalue weighted by atomic mass is 10.2. The van der Waals surface area contributed by atoms with E-state index in [0.29, 0.717) is 24.4 Å². The maximum absolute atomic E-state index is 13.1. The summed E-state index contributed by atoms with van der Waals surface area (Å²) in [6.45, 7) is 3.05. The Morgan fingerprint density at radius 1 is 1.39 bits per heavy atom. The summed E-state index contributed by atoms with van der Waals surface area (Å²) in [6.07, 6.45) is 0. The summed E-state index contributed by atoms with van der Waals surface area (Å²) in [5.74, 6) is -0.399. The van der Waals surface area contributed by atoms with Gasteiger partial charge in [-0.05, 0) is 25.2 Å². The van der Waals surface area contributed by atoms with Crippen LogP contribution in [-0.2, 0) is 4.74 Å². The third-order valence-electron chi connectivity index (χ3n) is 2.53.